The Labute approximate surface area is 181 Å². The number of carbonyl (C=O) groups excluding carboxylic acids is 1. The maximum atomic E-state index is 12.9. The summed E-state index contributed by atoms with van der Waals surface area (Å²) in [5.74, 6) is 1.94. The first-order valence-electron chi connectivity index (χ1n) is 9.08. The molecule has 0 unspecified atom stereocenters. The number of nitrogens with one attached hydrogen (secondary N) is 1. The smallest absolute Gasteiger partial charge is 0.243 e. The first-order chi connectivity index (χ1) is 14.6. The molecule has 2 heterocycles. The number of aromatic nitrogens is 3. The van der Waals surface area contributed by atoms with Crippen LogP contribution < -0.4 is 5.32 Å². The molecule has 9 heteroatoms. The number of carbonyl (C=O) groups is 1. The zero-order valence-electron chi connectivity index (χ0n) is 15.9. The molecule has 4 rings (SSSR count). The van der Waals surface area contributed by atoms with Crippen molar-refractivity contribution in [1.82, 2.24) is 15.3 Å². The molecule has 7 nitrogen and oxygen atoms in total. The van der Waals surface area contributed by atoms with Gasteiger partial charge in [0.05, 0.1) is 10.8 Å². The highest BCUT2D eigenvalue weighted by molar-refractivity contribution is 7.99. The third-order valence-corrected chi connectivity index (χ3v) is 5.74. The van der Waals surface area contributed by atoms with Crippen LogP contribution in [-0.4, -0.2) is 21.2 Å². The van der Waals surface area contributed by atoms with Gasteiger partial charge >= 0.3 is 0 Å². The van der Waals surface area contributed by atoms with Crippen LogP contribution in [0.15, 0.2) is 69.7 Å². The molecule has 2 aromatic heterocycles. The summed E-state index contributed by atoms with van der Waals surface area (Å²) < 4.78 is 10.4. The van der Waals surface area contributed by atoms with E-state index in [0.29, 0.717) is 39.6 Å². The second-order valence-corrected chi connectivity index (χ2v) is 7.91. The average molecular weight is 441 g/mol. The van der Waals surface area contributed by atoms with Crippen LogP contribution in [0.1, 0.15) is 22.5 Å². The van der Waals surface area contributed by atoms with Crippen molar-refractivity contribution in [2.75, 3.05) is 5.32 Å². The largest absolute Gasteiger partial charge is 0.360 e. The molecule has 0 bridgehead atoms. The molecule has 0 spiro atoms. The number of rotatable bonds is 7. The molecule has 4 aromatic rings. The minimum Gasteiger partial charge on any atom is -0.360 e. The van der Waals surface area contributed by atoms with E-state index in [9.17, 15) is 4.79 Å². The minimum absolute atomic E-state index is 0.217. The van der Waals surface area contributed by atoms with E-state index in [0.717, 1.165) is 5.56 Å². The third kappa shape index (κ3) is 4.72. The summed E-state index contributed by atoms with van der Waals surface area (Å²) in [4.78, 5) is 17.3. The van der Waals surface area contributed by atoms with Gasteiger partial charge < -0.3 is 14.4 Å². The van der Waals surface area contributed by atoms with E-state index in [-0.39, 0.29) is 5.91 Å². The zero-order valence-corrected chi connectivity index (χ0v) is 17.5. The lowest BCUT2D eigenvalue weighted by molar-refractivity contribution is -0.115. The van der Waals surface area contributed by atoms with Crippen LogP contribution >= 0.6 is 23.4 Å². The van der Waals surface area contributed by atoms with Gasteiger partial charge in [0, 0.05) is 11.6 Å². The number of anilines is 1. The molecule has 0 fully saturated rings. The minimum atomic E-state index is -0.501. The second-order valence-electron chi connectivity index (χ2n) is 6.41. The summed E-state index contributed by atoms with van der Waals surface area (Å²) in [6, 6.07) is 18.4. The number of hydrogen-bond donors (Lipinski definition) is 1. The maximum absolute atomic E-state index is 12.9. The van der Waals surface area contributed by atoms with Crippen molar-refractivity contribution in [1.29, 1.82) is 0 Å². The number of hydrogen-bond acceptors (Lipinski definition) is 7. The standard InChI is InChI=1S/C21H17ClN4O3S/c1-13-11-17(25-28-13)23-21(27)19(14-7-3-2-4-8-14)30-12-18-24-20(26-29-18)15-9-5-6-10-16(15)22/h2-11,19H,12H2,1H3,(H,23,25,27)/t19-/m0/s1. The summed E-state index contributed by atoms with van der Waals surface area (Å²) >= 11 is 7.58. The van der Waals surface area contributed by atoms with Gasteiger partial charge in [0.15, 0.2) is 5.82 Å². The van der Waals surface area contributed by atoms with Crippen LogP contribution in [-0.2, 0) is 10.5 Å². The van der Waals surface area contributed by atoms with Gasteiger partial charge in [0.1, 0.15) is 11.0 Å². The number of amides is 1. The molecule has 30 heavy (non-hydrogen) atoms. The highest BCUT2D eigenvalue weighted by Gasteiger charge is 2.24. The van der Waals surface area contributed by atoms with Crippen molar-refractivity contribution >= 4 is 35.1 Å². The van der Waals surface area contributed by atoms with Gasteiger partial charge in [-0.25, -0.2) is 0 Å². The number of halogens is 1. The van der Waals surface area contributed by atoms with Gasteiger partial charge in [-0.15, -0.1) is 11.8 Å². The fraction of sp³-hybridized carbons (Fsp3) is 0.143. The Morgan fingerprint density at radius 1 is 1.10 bits per heavy atom. The lowest BCUT2D eigenvalue weighted by Gasteiger charge is -2.15. The van der Waals surface area contributed by atoms with E-state index in [4.69, 9.17) is 20.6 Å². The van der Waals surface area contributed by atoms with Crippen molar-refractivity contribution in [3.05, 3.63) is 82.9 Å². The number of benzene rings is 2. The molecule has 152 valence electrons. The highest BCUT2D eigenvalue weighted by Crippen LogP contribution is 2.33. The first-order valence-corrected chi connectivity index (χ1v) is 10.5. The summed E-state index contributed by atoms with van der Waals surface area (Å²) in [6.45, 7) is 1.76. The zero-order chi connectivity index (χ0) is 20.9. The second kappa shape index (κ2) is 9.15. The van der Waals surface area contributed by atoms with Gasteiger partial charge in [0.25, 0.3) is 0 Å². The van der Waals surface area contributed by atoms with Gasteiger partial charge in [0.2, 0.25) is 17.6 Å². The summed E-state index contributed by atoms with van der Waals surface area (Å²) in [5, 5.41) is 10.7. The SMILES string of the molecule is Cc1cc(NC(=O)[C@@H](SCc2nc(-c3ccccc3Cl)no2)c2ccccc2)no1. The molecule has 2 aromatic carbocycles. The Hall–Kier alpha value is -3.10. The Kier molecular flexibility index (Phi) is 6.15. The van der Waals surface area contributed by atoms with E-state index < -0.39 is 5.25 Å². The topological polar surface area (TPSA) is 94.1 Å². The Bertz CT molecular complexity index is 1150. The van der Waals surface area contributed by atoms with Gasteiger partial charge in [-0.2, -0.15) is 4.98 Å². The lowest BCUT2D eigenvalue weighted by atomic mass is 10.1. The Morgan fingerprint density at radius 3 is 2.60 bits per heavy atom. The monoisotopic (exact) mass is 440 g/mol. The molecule has 1 N–H and O–H groups in total. The number of thioether (sulfide) groups is 1. The van der Waals surface area contributed by atoms with E-state index in [1.807, 2.05) is 48.5 Å². The van der Waals surface area contributed by atoms with Crippen molar-refractivity contribution in [2.24, 2.45) is 0 Å². The van der Waals surface area contributed by atoms with Crippen LogP contribution in [0.3, 0.4) is 0 Å². The van der Waals surface area contributed by atoms with Crippen LogP contribution in [0.25, 0.3) is 11.4 Å². The highest BCUT2D eigenvalue weighted by atomic mass is 35.5. The van der Waals surface area contributed by atoms with Crippen LogP contribution in [0.5, 0.6) is 0 Å². The van der Waals surface area contributed by atoms with E-state index in [1.165, 1.54) is 11.8 Å². The molecular weight excluding hydrogens is 424 g/mol. The quantitative estimate of drug-likeness (QED) is 0.416. The van der Waals surface area contributed by atoms with Crippen LogP contribution in [0.2, 0.25) is 5.02 Å². The summed E-state index contributed by atoms with van der Waals surface area (Å²) in [5.41, 5.74) is 1.55. The summed E-state index contributed by atoms with van der Waals surface area (Å²) in [7, 11) is 0. The molecule has 0 saturated carbocycles. The fourth-order valence-electron chi connectivity index (χ4n) is 2.79. The predicted octanol–water partition coefficient (Wildman–Crippen LogP) is 5.30. The predicted molar refractivity (Wildman–Crippen MR) is 115 cm³/mol. The Morgan fingerprint density at radius 2 is 1.87 bits per heavy atom. The van der Waals surface area contributed by atoms with Gasteiger partial charge in [-0.05, 0) is 24.6 Å². The van der Waals surface area contributed by atoms with Crippen molar-refractivity contribution < 1.29 is 13.8 Å². The average Bonchev–Trinajstić information content (AvgIpc) is 3.38. The van der Waals surface area contributed by atoms with Crippen LogP contribution in [0, 0.1) is 6.92 Å². The van der Waals surface area contributed by atoms with Crippen molar-refractivity contribution in [3.8, 4) is 11.4 Å². The first kappa shape index (κ1) is 20.2. The molecule has 1 amide bonds. The fourth-order valence-corrected chi connectivity index (χ4v) is 3.99. The molecule has 1 atom stereocenters. The normalized spacial score (nSPS) is 11.9. The number of aryl methyl sites for hydroxylation is 1. The van der Waals surface area contributed by atoms with Crippen LogP contribution in [0.4, 0.5) is 5.82 Å². The lowest BCUT2D eigenvalue weighted by Crippen LogP contribution is -2.19. The van der Waals surface area contributed by atoms with E-state index in [1.54, 1.807) is 19.1 Å². The maximum Gasteiger partial charge on any atom is 0.243 e. The van der Waals surface area contributed by atoms with E-state index >= 15 is 0 Å². The number of nitrogens with zero attached hydrogens (tertiary/aromatic N) is 3. The van der Waals surface area contributed by atoms with Gasteiger partial charge in [-0.1, -0.05) is 64.4 Å². The molecule has 0 aliphatic carbocycles. The third-order valence-electron chi connectivity index (χ3n) is 4.18. The van der Waals surface area contributed by atoms with Gasteiger partial charge in [-0.3, -0.25) is 4.79 Å². The molecule has 0 saturated heterocycles. The Balaban J connectivity index is 1.50. The molecular formula is C21H17ClN4O3S. The van der Waals surface area contributed by atoms with Crippen molar-refractivity contribution in [3.63, 3.8) is 0 Å². The summed E-state index contributed by atoms with van der Waals surface area (Å²) in [6.07, 6.45) is 0. The van der Waals surface area contributed by atoms with E-state index in [2.05, 4.69) is 20.6 Å². The molecule has 0 aliphatic rings. The van der Waals surface area contributed by atoms with Crippen molar-refractivity contribution in [2.45, 2.75) is 17.9 Å². The molecule has 0 aliphatic heterocycles. The molecule has 0 radical (unpaired) electrons.